The smallest absolute Gasteiger partial charge is 0.184 e. The number of Topliss-reactive ketones (excluding diaryl/α,β-unsaturated/α-hetero) is 1. The molecule has 1 fully saturated rings. The van der Waals surface area contributed by atoms with Gasteiger partial charge in [-0.05, 0) is 25.2 Å². The monoisotopic (exact) mass is 224 g/mol. The van der Waals surface area contributed by atoms with Crippen LogP contribution in [0.4, 0.5) is 0 Å². The van der Waals surface area contributed by atoms with Crippen molar-refractivity contribution >= 4 is 5.78 Å². The first-order valence-electron chi connectivity index (χ1n) is 6.00. The van der Waals surface area contributed by atoms with E-state index in [1.54, 1.807) is 0 Å². The molecule has 0 aromatic carbocycles. The summed E-state index contributed by atoms with van der Waals surface area (Å²) in [6.07, 6.45) is 3.20. The molecule has 0 aromatic rings. The fourth-order valence-electron chi connectivity index (χ4n) is 2.97. The highest BCUT2D eigenvalue weighted by Crippen LogP contribution is 2.37. The Morgan fingerprint density at radius 1 is 1.25 bits per heavy atom. The average Bonchev–Trinajstić information content (AvgIpc) is 2.19. The van der Waals surface area contributed by atoms with E-state index < -0.39 is 0 Å². The molecule has 3 nitrogen and oxygen atoms in total. The van der Waals surface area contributed by atoms with Crippen molar-refractivity contribution in [1.82, 2.24) is 0 Å². The van der Waals surface area contributed by atoms with Crippen molar-refractivity contribution in [3.8, 4) is 0 Å². The molecule has 0 saturated carbocycles. The molecule has 0 N–H and O–H groups in total. The van der Waals surface area contributed by atoms with Gasteiger partial charge in [-0.3, -0.25) is 4.79 Å². The van der Waals surface area contributed by atoms with Crippen molar-refractivity contribution in [2.45, 2.75) is 33.5 Å². The SMILES string of the molecule is CC1=CC(C)C(C2OCC(=O)CO2)C(C)C1. The van der Waals surface area contributed by atoms with E-state index >= 15 is 0 Å². The van der Waals surface area contributed by atoms with Gasteiger partial charge in [0, 0.05) is 5.92 Å². The highest BCUT2D eigenvalue weighted by molar-refractivity contribution is 5.81. The van der Waals surface area contributed by atoms with E-state index in [1.165, 1.54) is 5.57 Å². The second-order valence-corrected chi connectivity index (χ2v) is 5.16. The number of carbonyl (C=O) groups excluding carboxylic acids is 1. The second kappa shape index (κ2) is 4.68. The average molecular weight is 224 g/mol. The van der Waals surface area contributed by atoms with Crippen LogP contribution in [-0.4, -0.2) is 25.3 Å². The summed E-state index contributed by atoms with van der Waals surface area (Å²) in [7, 11) is 0. The van der Waals surface area contributed by atoms with E-state index in [4.69, 9.17) is 9.47 Å². The Morgan fingerprint density at radius 3 is 2.44 bits per heavy atom. The Labute approximate surface area is 96.8 Å². The van der Waals surface area contributed by atoms with E-state index in [0.717, 1.165) is 6.42 Å². The molecule has 2 rings (SSSR count). The molecular formula is C13H20O3. The molecule has 3 atom stereocenters. The van der Waals surface area contributed by atoms with Crippen molar-refractivity contribution in [2.75, 3.05) is 13.2 Å². The van der Waals surface area contributed by atoms with E-state index in [9.17, 15) is 4.79 Å². The van der Waals surface area contributed by atoms with Crippen LogP contribution in [0.5, 0.6) is 0 Å². The van der Waals surface area contributed by atoms with Crippen molar-refractivity contribution in [3.05, 3.63) is 11.6 Å². The van der Waals surface area contributed by atoms with Gasteiger partial charge in [0.2, 0.25) is 0 Å². The minimum atomic E-state index is -0.202. The van der Waals surface area contributed by atoms with Crippen LogP contribution in [0.25, 0.3) is 0 Å². The van der Waals surface area contributed by atoms with Gasteiger partial charge in [0.25, 0.3) is 0 Å². The summed E-state index contributed by atoms with van der Waals surface area (Å²) in [5, 5.41) is 0. The minimum Gasteiger partial charge on any atom is -0.344 e. The van der Waals surface area contributed by atoms with Gasteiger partial charge in [-0.1, -0.05) is 25.5 Å². The van der Waals surface area contributed by atoms with Gasteiger partial charge in [-0.15, -0.1) is 0 Å². The van der Waals surface area contributed by atoms with Crippen molar-refractivity contribution in [1.29, 1.82) is 0 Å². The molecule has 3 heteroatoms. The molecule has 1 saturated heterocycles. The number of rotatable bonds is 1. The van der Waals surface area contributed by atoms with Gasteiger partial charge >= 0.3 is 0 Å². The van der Waals surface area contributed by atoms with Crippen LogP contribution in [0.1, 0.15) is 27.2 Å². The maximum Gasteiger partial charge on any atom is 0.184 e. The highest BCUT2D eigenvalue weighted by atomic mass is 16.7. The van der Waals surface area contributed by atoms with Crippen LogP contribution >= 0.6 is 0 Å². The van der Waals surface area contributed by atoms with Crippen LogP contribution in [0.3, 0.4) is 0 Å². The van der Waals surface area contributed by atoms with E-state index in [0.29, 0.717) is 17.8 Å². The van der Waals surface area contributed by atoms with E-state index in [2.05, 4.69) is 26.8 Å². The van der Waals surface area contributed by atoms with Crippen LogP contribution in [0.15, 0.2) is 11.6 Å². The molecular weight excluding hydrogens is 204 g/mol. The molecule has 3 unspecified atom stereocenters. The zero-order valence-corrected chi connectivity index (χ0v) is 10.2. The first-order chi connectivity index (χ1) is 7.58. The molecule has 90 valence electrons. The Hall–Kier alpha value is -0.670. The number of carbonyl (C=O) groups is 1. The van der Waals surface area contributed by atoms with Gasteiger partial charge in [0.15, 0.2) is 12.1 Å². The van der Waals surface area contributed by atoms with Crippen molar-refractivity contribution in [3.63, 3.8) is 0 Å². The number of hydrogen-bond donors (Lipinski definition) is 0. The first-order valence-corrected chi connectivity index (χ1v) is 6.00. The lowest BCUT2D eigenvalue weighted by Crippen LogP contribution is -2.43. The molecule has 0 amide bonds. The predicted octanol–water partition coefficient (Wildman–Crippen LogP) is 2.17. The van der Waals surface area contributed by atoms with E-state index in [-0.39, 0.29) is 25.3 Å². The standard InChI is InChI=1S/C13H20O3/c1-8-4-9(2)12(10(3)5-8)13-15-6-11(14)7-16-13/h4,9-10,12-13H,5-7H2,1-3H3. The Bertz CT molecular complexity index is 298. The molecule has 1 aliphatic carbocycles. The maximum atomic E-state index is 11.0. The van der Waals surface area contributed by atoms with Gasteiger partial charge in [0.1, 0.15) is 13.2 Å². The van der Waals surface area contributed by atoms with Crippen LogP contribution in [0, 0.1) is 17.8 Å². The fraction of sp³-hybridized carbons (Fsp3) is 0.769. The number of hydrogen-bond acceptors (Lipinski definition) is 3. The molecule has 0 spiro atoms. The largest absolute Gasteiger partial charge is 0.344 e. The zero-order chi connectivity index (χ0) is 11.7. The molecule has 1 heterocycles. The highest BCUT2D eigenvalue weighted by Gasteiger charge is 2.37. The van der Waals surface area contributed by atoms with Crippen LogP contribution in [-0.2, 0) is 14.3 Å². The number of ketones is 1. The van der Waals surface area contributed by atoms with Crippen molar-refractivity contribution in [2.24, 2.45) is 17.8 Å². The summed E-state index contributed by atoms with van der Waals surface area (Å²) in [5.41, 5.74) is 1.45. The van der Waals surface area contributed by atoms with Gasteiger partial charge < -0.3 is 9.47 Å². The molecule has 1 aliphatic heterocycles. The summed E-state index contributed by atoms with van der Waals surface area (Å²) >= 11 is 0. The Balaban J connectivity index is 2.05. The molecule has 0 radical (unpaired) electrons. The normalized spacial score (nSPS) is 37.3. The lowest BCUT2D eigenvalue weighted by atomic mass is 9.74. The third-order valence-corrected chi connectivity index (χ3v) is 3.59. The second-order valence-electron chi connectivity index (χ2n) is 5.16. The Kier molecular flexibility index (Phi) is 3.45. The summed E-state index contributed by atoms with van der Waals surface area (Å²) in [4.78, 5) is 11.0. The van der Waals surface area contributed by atoms with Gasteiger partial charge in [-0.25, -0.2) is 0 Å². The summed E-state index contributed by atoms with van der Waals surface area (Å²) in [6.45, 7) is 7.04. The van der Waals surface area contributed by atoms with Gasteiger partial charge in [-0.2, -0.15) is 0 Å². The summed E-state index contributed by atoms with van der Waals surface area (Å²) in [6, 6.07) is 0. The molecule has 0 aromatic heterocycles. The van der Waals surface area contributed by atoms with Crippen molar-refractivity contribution < 1.29 is 14.3 Å². The lowest BCUT2D eigenvalue weighted by Gasteiger charge is -2.39. The third-order valence-electron chi connectivity index (χ3n) is 3.59. The summed E-state index contributed by atoms with van der Waals surface area (Å²) in [5.74, 6) is 1.43. The van der Waals surface area contributed by atoms with Crippen LogP contribution in [0.2, 0.25) is 0 Å². The molecule has 16 heavy (non-hydrogen) atoms. The van der Waals surface area contributed by atoms with Crippen LogP contribution < -0.4 is 0 Å². The fourth-order valence-corrected chi connectivity index (χ4v) is 2.97. The van der Waals surface area contributed by atoms with E-state index in [1.807, 2.05) is 0 Å². The summed E-state index contributed by atoms with van der Waals surface area (Å²) < 4.78 is 11.0. The topological polar surface area (TPSA) is 35.5 Å². The lowest BCUT2D eigenvalue weighted by molar-refractivity contribution is -0.215. The molecule has 2 aliphatic rings. The first kappa shape index (κ1) is 11.8. The predicted molar refractivity (Wildman–Crippen MR) is 60.9 cm³/mol. The quantitative estimate of drug-likeness (QED) is 0.640. The zero-order valence-electron chi connectivity index (χ0n) is 10.2. The number of ether oxygens (including phenoxy) is 2. The third kappa shape index (κ3) is 2.36. The maximum absolute atomic E-state index is 11.0. The Morgan fingerprint density at radius 2 is 1.88 bits per heavy atom. The minimum absolute atomic E-state index is 0.0408. The molecule has 0 bridgehead atoms. The number of allylic oxidation sites excluding steroid dienone is 2. The van der Waals surface area contributed by atoms with Gasteiger partial charge in [0.05, 0.1) is 0 Å².